The van der Waals surface area contributed by atoms with E-state index in [9.17, 15) is 0 Å². The van der Waals surface area contributed by atoms with Gasteiger partial charge in [-0.25, -0.2) is 0 Å². The molecule has 50 heavy (non-hydrogen) atoms. The smallest absolute Gasteiger partial charge is 0.0751 e. The first-order chi connectivity index (χ1) is 24.7. The van der Waals surface area contributed by atoms with Crippen molar-refractivity contribution in [2.45, 2.75) is 219 Å². The molecule has 0 saturated heterocycles. The third-order valence-corrected chi connectivity index (χ3v) is 18.1. The molecule has 0 atom stereocenters. The molecule has 4 aromatic rings. The van der Waals surface area contributed by atoms with E-state index in [1.807, 2.05) is 22.7 Å². The SMILES string of the molecule is CCCCCCCCCCCCCCCCCc1c(Br)sc2c1sc1c3sc(Br)c(CCCCCCCCCCCCCCCCC)c3sc21. The van der Waals surface area contributed by atoms with Crippen molar-refractivity contribution in [2.75, 3.05) is 0 Å². The van der Waals surface area contributed by atoms with Gasteiger partial charge in [-0.3, -0.25) is 0 Å². The molecule has 0 nitrogen and oxygen atoms in total. The molecule has 0 saturated carbocycles. The molecule has 0 N–H and O–H groups in total. The van der Waals surface area contributed by atoms with E-state index >= 15 is 0 Å². The van der Waals surface area contributed by atoms with Crippen LogP contribution in [0.3, 0.4) is 0 Å². The number of hydrogen-bond acceptors (Lipinski definition) is 4. The average molecular weight is 887 g/mol. The van der Waals surface area contributed by atoms with Gasteiger partial charge in [-0.2, -0.15) is 0 Å². The minimum Gasteiger partial charge on any atom is -0.131 e. The summed E-state index contributed by atoms with van der Waals surface area (Å²) < 4.78 is 12.2. The highest BCUT2D eigenvalue weighted by Crippen LogP contribution is 2.54. The van der Waals surface area contributed by atoms with Gasteiger partial charge in [-0.05, 0) is 68.7 Å². The molecule has 0 aromatic carbocycles. The normalized spacial score (nSPS) is 12.2. The molecule has 0 fully saturated rings. The second kappa shape index (κ2) is 26.4. The lowest BCUT2D eigenvalue weighted by Crippen LogP contribution is -1.86. The number of unbranched alkanes of at least 4 members (excludes halogenated alkanes) is 28. The summed E-state index contributed by atoms with van der Waals surface area (Å²) in [5, 5.41) is 0. The Hall–Kier alpha value is 0.540. The lowest BCUT2D eigenvalue weighted by atomic mass is 10.0. The lowest BCUT2D eigenvalue weighted by Gasteiger charge is -2.04. The van der Waals surface area contributed by atoms with Crippen LogP contribution < -0.4 is 0 Å². The molecular weight excluding hydrogens is 817 g/mol. The van der Waals surface area contributed by atoms with Crippen LogP contribution >= 0.6 is 77.2 Å². The Morgan fingerprint density at radius 2 is 0.500 bits per heavy atom. The molecule has 4 rings (SSSR count). The van der Waals surface area contributed by atoms with E-state index in [1.165, 1.54) is 213 Å². The summed E-state index contributed by atoms with van der Waals surface area (Å²) in [6.45, 7) is 4.62. The van der Waals surface area contributed by atoms with Crippen molar-refractivity contribution in [3.05, 3.63) is 18.7 Å². The van der Waals surface area contributed by atoms with E-state index in [4.69, 9.17) is 0 Å². The lowest BCUT2D eigenvalue weighted by molar-refractivity contribution is 0.532. The highest BCUT2D eigenvalue weighted by atomic mass is 79.9. The Balaban J connectivity index is 1.09. The van der Waals surface area contributed by atoms with E-state index < -0.39 is 0 Å². The van der Waals surface area contributed by atoms with Crippen LogP contribution in [0.25, 0.3) is 28.2 Å². The van der Waals surface area contributed by atoms with Gasteiger partial charge >= 0.3 is 0 Å². The molecule has 284 valence electrons. The van der Waals surface area contributed by atoms with E-state index in [1.54, 1.807) is 39.3 Å². The van der Waals surface area contributed by atoms with Gasteiger partial charge in [0, 0.05) is 0 Å². The molecule has 0 aliphatic heterocycles. The van der Waals surface area contributed by atoms with E-state index in [-0.39, 0.29) is 0 Å². The first-order valence-electron chi connectivity index (χ1n) is 21.4. The summed E-state index contributed by atoms with van der Waals surface area (Å²) in [7, 11) is 0. The van der Waals surface area contributed by atoms with E-state index in [2.05, 4.69) is 68.4 Å². The average Bonchev–Trinajstić information content (AvgIpc) is 3.82. The van der Waals surface area contributed by atoms with Crippen LogP contribution in [0.1, 0.15) is 218 Å². The molecular formula is C44H70Br2S4. The molecule has 4 heterocycles. The largest absolute Gasteiger partial charge is 0.131 e. The summed E-state index contributed by atoms with van der Waals surface area (Å²) in [5.74, 6) is 0. The number of hydrogen-bond donors (Lipinski definition) is 0. The van der Waals surface area contributed by atoms with Crippen molar-refractivity contribution in [2.24, 2.45) is 0 Å². The fraction of sp³-hybridized carbons (Fsp3) is 0.773. The summed E-state index contributed by atoms with van der Waals surface area (Å²) >= 11 is 16.2. The van der Waals surface area contributed by atoms with Gasteiger partial charge in [0.2, 0.25) is 0 Å². The summed E-state index contributed by atoms with van der Waals surface area (Å²) in [6.07, 6.45) is 45.4. The van der Waals surface area contributed by atoms with E-state index in [0.717, 1.165) is 0 Å². The molecule has 4 aromatic heterocycles. The second-order valence-corrected chi connectivity index (χ2v) is 22.0. The zero-order valence-corrected chi connectivity index (χ0v) is 38.5. The highest BCUT2D eigenvalue weighted by molar-refractivity contribution is 9.11. The molecule has 6 heteroatoms. The Bertz CT molecular complexity index is 1330. The van der Waals surface area contributed by atoms with Crippen molar-refractivity contribution in [3.63, 3.8) is 0 Å². The first kappa shape index (κ1) is 43.3. The van der Waals surface area contributed by atoms with Crippen LogP contribution in [0.5, 0.6) is 0 Å². The minimum atomic E-state index is 1.23. The van der Waals surface area contributed by atoms with Crippen molar-refractivity contribution in [1.82, 2.24) is 0 Å². The fourth-order valence-electron chi connectivity index (χ4n) is 7.73. The zero-order valence-electron chi connectivity index (χ0n) is 32.0. The molecule has 0 spiro atoms. The Labute approximate surface area is 340 Å². The second-order valence-electron chi connectivity index (χ2n) is 15.3. The van der Waals surface area contributed by atoms with Crippen LogP contribution in [0, 0.1) is 0 Å². The predicted molar refractivity (Wildman–Crippen MR) is 243 cm³/mol. The third kappa shape index (κ3) is 14.6. The van der Waals surface area contributed by atoms with Crippen molar-refractivity contribution < 1.29 is 0 Å². The summed E-state index contributed by atoms with van der Waals surface area (Å²) in [5.41, 5.74) is 3.18. The topological polar surface area (TPSA) is 0 Å². The van der Waals surface area contributed by atoms with Gasteiger partial charge in [0.05, 0.1) is 35.8 Å². The number of fused-ring (bicyclic) bond motifs is 5. The highest BCUT2D eigenvalue weighted by Gasteiger charge is 2.22. The minimum absolute atomic E-state index is 1.23. The summed E-state index contributed by atoms with van der Waals surface area (Å²) in [4.78, 5) is 0. The number of rotatable bonds is 32. The van der Waals surface area contributed by atoms with Gasteiger partial charge in [-0.15, -0.1) is 45.3 Å². The van der Waals surface area contributed by atoms with Crippen LogP contribution in [-0.2, 0) is 12.8 Å². The van der Waals surface area contributed by atoms with Crippen LogP contribution in [0.4, 0.5) is 0 Å². The molecule has 0 aliphatic carbocycles. The van der Waals surface area contributed by atoms with Gasteiger partial charge in [-0.1, -0.05) is 194 Å². The quantitative estimate of drug-likeness (QED) is 0.0429. The number of thiophene rings is 4. The van der Waals surface area contributed by atoms with Crippen molar-refractivity contribution in [1.29, 1.82) is 0 Å². The molecule has 0 amide bonds. The Morgan fingerprint density at radius 1 is 0.280 bits per heavy atom. The van der Waals surface area contributed by atoms with Gasteiger partial charge in [0.1, 0.15) is 0 Å². The van der Waals surface area contributed by atoms with Crippen LogP contribution in [-0.4, -0.2) is 0 Å². The molecule has 0 radical (unpaired) electrons. The first-order valence-corrected chi connectivity index (χ1v) is 26.2. The van der Waals surface area contributed by atoms with Gasteiger partial charge in [0.15, 0.2) is 0 Å². The number of halogens is 2. The van der Waals surface area contributed by atoms with Crippen molar-refractivity contribution in [3.8, 4) is 0 Å². The number of aryl methyl sites for hydroxylation is 2. The van der Waals surface area contributed by atoms with Crippen LogP contribution in [0.15, 0.2) is 7.57 Å². The maximum absolute atomic E-state index is 3.99. The van der Waals surface area contributed by atoms with Crippen LogP contribution in [0.2, 0.25) is 0 Å². The zero-order chi connectivity index (χ0) is 35.2. The standard InChI is InChI=1S/C44H70Br2S4/c1-3-5-7-9-11-13-15-17-19-21-23-25-27-29-31-33-35-37-39(49-43(35)45)41-42(47-37)40-38(48-41)36(44(46)50-40)34-32-30-28-26-24-22-20-18-16-14-12-10-8-6-4-2/h3-34H2,1-2H3. The van der Waals surface area contributed by atoms with Gasteiger partial charge in [0.25, 0.3) is 0 Å². The Kier molecular flexibility index (Phi) is 22.8. The Morgan fingerprint density at radius 3 is 0.760 bits per heavy atom. The molecule has 0 bridgehead atoms. The van der Waals surface area contributed by atoms with Gasteiger partial charge < -0.3 is 0 Å². The predicted octanol–water partition coefficient (Wildman–Crippen LogP) is 19.7. The van der Waals surface area contributed by atoms with E-state index in [0.29, 0.717) is 0 Å². The van der Waals surface area contributed by atoms with Crippen molar-refractivity contribution >= 4 is 105 Å². The maximum atomic E-state index is 3.99. The monoisotopic (exact) mass is 884 g/mol. The molecule has 0 unspecified atom stereocenters. The third-order valence-electron chi connectivity index (χ3n) is 10.9. The molecule has 0 aliphatic rings. The summed E-state index contributed by atoms with van der Waals surface area (Å²) in [6, 6.07) is 0. The maximum Gasteiger partial charge on any atom is 0.0751 e. The fourth-order valence-corrected chi connectivity index (χ4v) is 15.5.